The van der Waals surface area contributed by atoms with Crippen LogP contribution in [0.4, 0.5) is 5.69 Å². The summed E-state index contributed by atoms with van der Waals surface area (Å²) in [5.74, 6) is 0.268. The van der Waals surface area contributed by atoms with Gasteiger partial charge in [-0.1, -0.05) is 13.0 Å². The predicted molar refractivity (Wildman–Crippen MR) is 86.6 cm³/mol. The van der Waals surface area contributed by atoms with Gasteiger partial charge in [-0.2, -0.15) is 11.8 Å². The molecule has 108 valence electrons. The Labute approximate surface area is 124 Å². The first-order valence-electron chi connectivity index (χ1n) is 6.98. The largest absolute Gasteiger partial charge is 0.478 e. The number of anilines is 1. The van der Waals surface area contributed by atoms with E-state index in [1.54, 1.807) is 6.08 Å². The van der Waals surface area contributed by atoms with E-state index >= 15 is 0 Å². The molecule has 1 aliphatic rings. The third kappa shape index (κ3) is 3.79. The van der Waals surface area contributed by atoms with Crippen LogP contribution in [0.1, 0.15) is 24.5 Å². The quantitative estimate of drug-likeness (QED) is 0.863. The number of rotatable bonds is 4. The normalized spacial score (nSPS) is 19.5. The second-order valence-corrected chi connectivity index (χ2v) is 6.47. The highest BCUT2D eigenvalue weighted by molar-refractivity contribution is 8.00. The van der Waals surface area contributed by atoms with Crippen LogP contribution < -0.4 is 4.90 Å². The molecule has 1 N–H and O–H groups in total. The number of carboxylic acids is 1. The number of hydrogen-bond acceptors (Lipinski definition) is 3. The molecule has 0 aromatic heterocycles. The summed E-state index contributed by atoms with van der Waals surface area (Å²) in [5.41, 5.74) is 3.42. The Balaban J connectivity index is 2.15. The average Bonchev–Trinajstić information content (AvgIpc) is 2.45. The van der Waals surface area contributed by atoms with Crippen molar-refractivity contribution in [3.05, 3.63) is 35.4 Å². The number of aryl methyl sites for hydroxylation is 1. The molecule has 0 radical (unpaired) electrons. The maximum atomic E-state index is 10.5. The molecule has 0 aliphatic carbocycles. The Kier molecular flexibility index (Phi) is 5.12. The van der Waals surface area contributed by atoms with E-state index < -0.39 is 5.97 Å². The fraction of sp³-hybridized carbons (Fsp3) is 0.438. The zero-order valence-electron chi connectivity index (χ0n) is 12.0. The smallest absolute Gasteiger partial charge is 0.328 e. The monoisotopic (exact) mass is 291 g/mol. The highest BCUT2D eigenvalue weighted by atomic mass is 32.2. The van der Waals surface area contributed by atoms with E-state index in [1.165, 1.54) is 29.5 Å². The van der Waals surface area contributed by atoms with Gasteiger partial charge in [0.2, 0.25) is 0 Å². The average molecular weight is 291 g/mol. The van der Waals surface area contributed by atoms with Crippen molar-refractivity contribution in [3.63, 3.8) is 0 Å². The number of carboxylic acid groups (broad SMARTS) is 1. The lowest BCUT2D eigenvalue weighted by molar-refractivity contribution is -0.131. The van der Waals surface area contributed by atoms with Gasteiger partial charge in [-0.05, 0) is 42.7 Å². The van der Waals surface area contributed by atoms with Gasteiger partial charge >= 0.3 is 5.97 Å². The van der Waals surface area contributed by atoms with Crippen molar-refractivity contribution in [2.75, 3.05) is 23.7 Å². The molecule has 1 atom stereocenters. The molecule has 1 aromatic carbocycles. The van der Waals surface area contributed by atoms with Crippen molar-refractivity contribution in [2.24, 2.45) is 0 Å². The number of nitrogens with zero attached hydrogens (tertiary/aromatic N) is 1. The molecular weight excluding hydrogens is 270 g/mol. The maximum Gasteiger partial charge on any atom is 0.328 e. The molecule has 0 saturated carbocycles. The van der Waals surface area contributed by atoms with Gasteiger partial charge in [-0.3, -0.25) is 0 Å². The van der Waals surface area contributed by atoms with Gasteiger partial charge in [0.05, 0.1) is 0 Å². The molecule has 1 aliphatic heterocycles. The summed E-state index contributed by atoms with van der Waals surface area (Å²) >= 11 is 2.06. The maximum absolute atomic E-state index is 10.5. The molecule has 1 aromatic rings. The van der Waals surface area contributed by atoms with Gasteiger partial charge in [0, 0.05) is 35.9 Å². The molecule has 1 heterocycles. The summed E-state index contributed by atoms with van der Waals surface area (Å²) in [7, 11) is 0. The van der Waals surface area contributed by atoms with E-state index in [2.05, 4.69) is 42.6 Å². The van der Waals surface area contributed by atoms with Crippen molar-refractivity contribution in [3.8, 4) is 0 Å². The van der Waals surface area contributed by atoms with Gasteiger partial charge < -0.3 is 10.0 Å². The molecular formula is C16H21NO2S. The van der Waals surface area contributed by atoms with E-state index in [-0.39, 0.29) is 0 Å². The Morgan fingerprint density at radius 2 is 2.35 bits per heavy atom. The van der Waals surface area contributed by atoms with Gasteiger partial charge in [-0.15, -0.1) is 0 Å². The van der Waals surface area contributed by atoms with Crippen LogP contribution in [0.2, 0.25) is 0 Å². The summed E-state index contributed by atoms with van der Waals surface area (Å²) in [6.07, 6.45) is 4.03. The fourth-order valence-corrected chi connectivity index (χ4v) is 3.67. The molecule has 1 saturated heterocycles. The summed E-state index contributed by atoms with van der Waals surface area (Å²) < 4.78 is 0. The molecule has 0 amide bonds. The van der Waals surface area contributed by atoms with Gasteiger partial charge in [-0.25, -0.2) is 4.79 Å². The van der Waals surface area contributed by atoms with Crippen LogP contribution in [0.5, 0.6) is 0 Å². The van der Waals surface area contributed by atoms with Crippen LogP contribution >= 0.6 is 11.8 Å². The number of carbonyl (C=O) groups is 1. The number of benzene rings is 1. The van der Waals surface area contributed by atoms with Crippen LogP contribution in [0.15, 0.2) is 24.3 Å². The second-order valence-electron chi connectivity index (χ2n) is 5.06. The molecule has 3 nitrogen and oxygen atoms in total. The first kappa shape index (κ1) is 15.0. The van der Waals surface area contributed by atoms with Crippen LogP contribution in [0, 0.1) is 6.92 Å². The van der Waals surface area contributed by atoms with Crippen LogP contribution in [-0.4, -0.2) is 35.2 Å². The molecule has 1 fully saturated rings. The number of hydrogen-bond donors (Lipinski definition) is 1. The highest BCUT2D eigenvalue weighted by Gasteiger charge is 2.20. The zero-order chi connectivity index (χ0) is 14.5. The van der Waals surface area contributed by atoms with Gasteiger partial charge in [0.1, 0.15) is 0 Å². The molecule has 2 rings (SSSR count). The summed E-state index contributed by atoms with van der Waals surface area (Å²) in [6.45, 7) is 6.53. The molecule has 4 heteroatoms. The van der Waals surface area contributed by atoms with E-state index in [4.69, 9.17) is 5.11 Å². The highest BCUT2D eigenvalue weighted by Crippen LogP contribution is 2.28. The van der Waals surface area contributed by atoms with E-state index in [0.29, 0.717) is 0 Å². The Morgan fingerprint density at radius 1 is 1.55 bits per heavy atom. The van der Waals surface area contributed by atoms with Gasteiger partial charge in [0.25, 0.3) is 0 Å². The lowest BCUT2D eigenvalue weighted by Crippen LogP contribution is -2.37. The Hall–Kier alpha value is -1.42. The van der Waals surface area contributed by atoms with Crippen LogP contribution in [0.25, 0.3) is 6.08 Å². The molecule has 0 spiro atoms. The fourth-order valence-electron chi connectivity index (χ4n) is 2.49. The van der Waals surface area contributed by atoms with E-state index in [0.717, 1.165) is 23.9 Å². The van der Waals surface area contributed by atoms with Crippen LogP contribution in [-0.2, 0) is 4.79 Å². The first-order chi connectivity index (χ1) is 9.60. The summed E-state index contributed by atoms with van der Waals surface area (Å²) in [4.78, 5) is 13.0. The van der Waals surface area contributed by atoms with E-state index in [9.17, 15) is 4.79 Å². The third-order valence-electron chi connectivity index (χ3n) is 3.57. The minimum Gasteiger partial charge on any atom is -0.478 e. The lowest BCUT2D eigenvalue weighted by Gasteiger charge is -2.34. The number of aliphatic carboxylic acids is 1. The third-order valence-corrected chi connectivity index (χ3v) is 4.95. The minimum absolute atomic E-state index is 0.717. The second kappa shape index (κ2) is 6.84. The predicted octanol–water partition coefficient (Wildman–Crippen LogP) is 3.42. The van der Waals surface area contributed by atoms with Crippen molar-refractivity contribution >= 4 is 29.5 Å². The van der Waals surface area contributed by atoms with Crippen LogP contribution in [0.3, 0.4) is 0 Å². The summed E-state index contributed by atoms with van der Waals surface area (Å²) in [5, 5.41) is 9.38. The zero-order valence-corrected chi connectivity index (χ0v) is 12.8. The molecule has 1 unspecified atom stereocenters. The van der Waals surface area contributed by atoms with Crippen molar-refractivity contribution < 1.29 is 9.90 Å². The lowest BCUT2D eigenvalue weighted by atomic mass is 10.1. The number of thioether (sulfide) groups is 1. The molecule has 0 bridgehead atoms. The SMILES string of the molecule is CCC1CN(c2ccc(/C=C/C(=O)O)cc2C)CCS1. The van der Waals surface area contributed by atoms with Crippen molar-refractivity contribution in [1.29, 1.82) is 0 Å². The Morgan fingerprint density at radius 3 is 3.00 bits per heavy atom. The minimum atomic E-state index is -0.912. The summed E-state index contributed by atoms with van der Waals surface area (Å²) in [6, 6.07) is 6.15. The van der Waals surface area contributed by atoms with Crippen molar-refractivity contribution in [2.45, 2.75) is 25.5 Å². The molecule has 20 heavy (non-hydrogen) atoms. The standard InChI is InChI=1S/C16H21NO2S/c1-3-14-11-17(8-9-20-14)15-6-4-13(10-12(15)2)5-7-16(18)19/h4-7,10,14H,3,8-9,11H2,1-2H3,(H,18,19)/b7-5+. The van der Waals surface area contributed by atoms with E-state index in [1.807, 2.05) is 6.07 Å². The first-order valence-corrected chi connectivity index (χ1v) is 8.03. The topological polar surface area (TPSA) is 40.5 Å². The van der Waals surface area contributed by atoms with Crippen molar-refractivity contribution in [1.82, 2.24) is 0 Å². The van der Waals surface area contributed by atoms with Gasteiger partial charge in [0.15, 0.2) is 0 Å². The Bertz CT molecular complexity index is 513.